The van der Waals surface area contributed by atoms with E-state index in [0.29, 0.717) is 25.6 Å². The molecule has 1 rings (SSSR count). The molecule has 1 amide bonds. The first kappa shape index (κ1) is 21.8. The van der Waals surface area contributed by atoms with Crippen LogP contribution >= 0.6 is 0 Å². The highest BCUT2D eigenvalue weighted by Gasteiger charge is 2.15. The summed E-state index contributed by atoms with van der Waals surface area (Å²) in [6.07, 6.45) is 0.307. The highest BCUT2D eigenvalue weighted by molar-refractivity contribution is 5.79. The highest BCUT2D eigenvalue weighted by atomic mass is 16.6. The Kier molecular flexibility index (Phi) is 9.51. The van der Waals surface area contributed by atoms with Gasteiger partial charge in [-0.05, 0) is 32.8 Å². The molecule has 0 bridgehead atoms. The van der Waals surface area contributed by atoms with Crippen molar-refractivity contribution in [2.75, 3.05) is 33.8 Å². The van der Waals surface area contributed by atoms with Crippen LogP contribution in [-0.2, 0) is 9.47 Å². The summed E-state index contributed by atoms with van der Waals surface area (Å²) in [5, 5.41) is 9.20. The van der Waals surface area contributed by atoms with E-state index in [-0.39, 0.29) is 6.10 Å². The van der Waals surface area contributed by atoms with E-state index in [2.05, 4.69) is 20.9 Å². The standard InChI is InChI=1S/C19H32N4O3/c1-19(2,3)26-18(24)22-13-9-12-21-17(20-4)23-14-16(25-5)15-10-7-6-8-11-15/h6-8,10-11,16H,9,12-14H2,1-5H3,(H,22,24)(H2,20,21,23). The van der Waals surface area contributed by atoms with E-state index in [1.807, 2.05) is 51.1 Å². The molecule has 0 aromatic heterocycles. The summed E-state index contributed by atoms with van der Waals surface area (Å²) < 4.78 is 10.7. The molecule has 7 nitrogen and oxygen atoms in total. The van der Waals surface area contributed by atoms with Crippen molar-refractivity contribution in [3.63, 3.8) is 0 Å². The Morgan fingerprint density at radius 1 is 1.12 bits per heavy atom. The fourth-order valence-electron chi connectivity index (χ4n) is 2.21. The maximum Gasteiger partial charge on any atom is 0.407 e. The molecule has 26 heavy (non-hydrogen) atoms. The van der Waals surface area contributed by atoms with Gasteiger partial charge in [0.15, 0.2) is 5.96 Å². The molecule has 0 aliphatic rings. The number of amides is 1. The average molecular weight is 364 g/mol. The average Bonchev–Trinajstić information content (AvgIpc) is 2.59. The number of carbonyl (C=O) groups is 1. The molecule has 0 spiro atoms. The van der Waals surface area contributed by atoms with E-state index in [1.54, 1.807) is 14.2 Å². The van der Waals surface area contributed by atoms with Crippen molar-refractivity contribution in [2.24, 2.45) is 4.99 Å². The first-order valence-electron chi connectivity index (χ1n) is 8.85. The fourth-order valence-corrected chi connectivity index (χ4v) is 2.21. The Balaban J connectivity index is 2.26. The van der Waals surface area contributed by atoms with E-state index < -0.39 is 11.7 Å². The summed E-state index contributed by atoms with van der Waals surface area (Å²) in [6, 6.07) is 10.0. The van der Waals surface area contributed by atoms with Gasteiger partial charge in [0.25, 0.3) is 0 Å². The molecule has 0 aliphatic carbocycles. The van der Waals surface area contributed by atoms with Crippen molar-refractivity contribution in [1.82, 2.24) is 16.0 Å². The second kappa shape index (κ2) is 11.4. The van der Waals surface area contributed by atoms with Gasteiger partial charge in [-0.25, -0.2) is 4.79 Å². The molecule has 0 radical (unpaired) electrons. The number of carbonyl (C=O) groups excluding carboxylic acids is 1. The van der Waals surface area contributed by atoms with Gasteiger partial charge in [0.05, 0.1) is 6.10 Å². The van der Waals surface area contributed by atoms with Gasteiger partial charge in [-0.1, -0.05) is 30.3 Å². The van der Waals surface area contributed by atoms with Crippen molar-refractivity contribution >= 4 is 12.1 Å². The lowest BCUT2D eigenvalue weighted by Gasteiger charge is -2.20. The summed E-state index contributed by atoms with van der Waals surface area (Å²) in [5.41, 5.74) is 0.629. The summed E-state index contributed by atoms with van der Waals surface area (Å²) in [5.74, 6) is 0.695. The number of alkyl carbamates (subject to hydrolysis) is 1. The Morgan fingerprint density at radius 3 is 2.35 bits per heavy atom. The Labute approximate surface area is 156 Å². The zero-order chi connectivity index (χ0) is 19.4. The van der Waals surface area contributed by atoms with Crippen LogP contribution < -0.4 is 16.0 Å². The number of nitrogens with zero attached hydrogens (tertiary/aromatic N) is 1. The number of methoxy groups -OCH3 is 1. The molecular formula is C19H32N4O3. The van der Waals surface area contributed by atoms with Crippen LogP contribution in [0.5, 0.6) is 0 Å². The van der Waals surface area contributed by atoms with Crippen LogP contribution in [0.4, 0.5) is 4.79 Å². The lowest BCUT2D eigenvalue weighted by atomic mass is 10.1. The third-order valence-electron chi connectivity index (χ3n) is 3.45. The topological polar surface area (TPSA) is 84.0 Å². The first-order chi connectivity index (χ1) is 12.4. The zero-order valence-electron chi connectivity index (χ0n) is 16.5. The van der Waals surface area contributed by atoms with Crippen LogP contribution in [0.1, 0.15) is 38.9 Å². The van der Waals surface area contributed by atoms with Crippen LogP contribution in [0.25, 0.3) is 0 Å². The van der Waals surface area contributed by atoms with Crippen LogP contribution in [0.2, 0.25) is 0 Å². The molecule has 0 heterocycles. The lowest BCUT2D eigenvalue weighted by Crippen LogP contribution is -2.41. The van der Waals surface area contributed by atoms with Gasteiger partial charge in [0.2, 0.25) is 0 Å². The van der Waals surface area contributed by atoms with Crippen molar-refractivity contribution < 1.29 is 14.3 Å². The molecule has 3 N–H and O–H groups in total. The number of nitrogens with one attached hydrogen (secondary N) is 3. The number of hydrogen-bond acceptors (Lipinski definition) is 4. The SMILES string of the molecule is CN=C(NCCCNC(=O)OC(C)(C)C)NCC(OC)c1ccccc1. The predicted octanol–water partition coefficient (Wildman–Crippen LogP) is 2.45. The van der Waals surface area contributed by atoms with Gasteiger partial charge in [0, 0.05) is 33.8 Å². The van der Waals surface area contributed by atoms with Gasteiger partial charge >= 0.3 is 6.09 Å². The number of aliphatic imine (C=N–C) groups is 1. The number of hydrogen-bond donors (Lipinski definition) is 3. The monoisotopic (exact) mass is 364 g/mol. The van der Waals surface area contributed by atoms with Crippen LogP contribution in [0.3, 0.4) is 0 Å². The van der Waals surface area contributed by atoms with Crippen molar-refractivity contribution in [3.05, 3.63) is 35.9 Å². The second-order valence-electron chi connectivity index (χ2n) is 6.80. The molecule has 0 fully saturated rings. The number of ether oxygens (including phenoxy) is 2. The normalized spacial score (nSPS) is 13.0. The molecular weight excluding hydrogens is 332 g/mol. The number of guanidine groups is 1. The van der Waals surface area contributed by atoms with E-state index in [1.165, 1.54) is 0 Å². The van der Waals surface area contributed by atoms with Gasteiger partial charge in [-0.2, -0.15) is 0 Å². The number of benzene rings is 1. The third kappa shape index (κ3) is 9.27. The predicted molar refractivity (Wildman–Crippen MR) is 104 cm³/mol. The van der Waals surface area contributed by atoms with Crippen LogP contribution in [0.15, 0.2) is 35.3 Å². The molecule has 1 unspecified atom stereocenters. The van der Waals surface area contributed by atoms with E-state index in [0.717, 1.165) is 12.0 Å². The van der Waals surface area contributed by atoms with E-state index >= 15 is 0 Å². The lowest BCUT2D eigenvalue weighted by molar-refractivity contribution is 0.0527. The molecule has 1 aromatic rings. The maximum atomic E-state index is 11.6. The summed E-state index contributed by atoms with van der Waals surface area (Å²) in [7, 11) is 3.41. The molecule has 1 aromatic carbocycles. The van der Waals surface area contributed by atoms with Crippen molar-refractivity contribution in [2.45, 2.75) is 38.9 Å². The van der Waals surface area contributed by atoms with Crippen molar-refractivity contribution in [1.29, 1.82) is 0 Å². The third-order valence-corrected chi connectivity index (χ3v) is 3.45. The Morgan fingerprint density at radius 2 is 1.77 bits per heavy atom. The summed E-state index contributed by atoms with van der Waals surface area (Å²) in [6.45, 7) is 7.34. The van der Waals surface area contributed by atoms with Gasteiger partial charge in [0.1, 0.15) is 5.60 Å². The molecule has 0 saturated heterocycles. The van der Waals surface area contributed by atoms with Gasteiger partial charge in [-0.15, -0.1) is 0 Å². The molecule has 7 heteroatoms. The van der Waals surface area contributed by atoms with Gasteiger partial charge < -0.3 is 25.4 Å². The van der Waals surface area contributed by atoms with Crippen molar-refractivity contribution in [3.8, 4) is 0 Å². The highest BCUT2D eigenvalue weighted by Crippen LogP contribution is 2.14. The molecule has 0 saturated carbocycles. The minimum absolute atomic E-state index is 0.0522. The second-order valence-corrected chi connectivity index (χ2v) is 6.80. The molecule has 146 valence electrons. The van der Waals surface area contributed by atoms with Gasteiger partial charge in [-0.3, -0.25) is 4.99 Å². The van der Waals surface area contributed by atoms with Crippen LogP contribution in [-0.4, -0.2) is 51.4 Å². The minimum Gasteiger partial charge on any atom is -0.444 e. The fraction of sp³-hybridized carbons (Fsp3) is 0.579. The smallest absolute Gasteiger partial charge is 0.407 e. The zero-order valence-corrected chi connectivity index (χ0v) is 16.5. The number of rotatable bonds is 8. The van der Waals surface area contributed by atoms with Crippen LogP contribution in [0, 0.1) is 0 Å². The Bertz CT molecular complexity index is 556. The first-order valence-corrected chi connectivity index (χ1v) is 8.85. The largest absolute Gasteiger partial charge is 0.444 e. The van der Waals surface area contributed by atoms with E-state index in [4.69, 9.17) is 9.47 Å². The quantitative estimate of drug-likeness (QED) is 0.375. The summed E-state index contributed by atoms with van der Waals surface area (Å²) in [4.78, 5) is 15.7. The van der Waals surface area contributed by atoms with E-state index in [9.17, 15) is 4.79 Å². The maximum absolute atomic E-state index is 11.6. The Hall–Kier alpha value is -2.28. The molecule has 1 atom stereocenters. The minimum atomic E-state index is -0.481. The summed E-state index contributed by atoms with van der Waals surface area (Å²) >= 11 is 0. The molecule has 0 aliphatic heterocycles.